The number of fused-ring (bicyclic) bond motifs is 1. The smallest absolute Gasteiger partial charge is 0.455 e. The maximum atomic E-state index is 12.4. The van der Waals surface area contributed by atoms with E-state index in [1.165, 1.54) is 0 Å². The average Bonchev–Trinajstić information content (AvgIpc) is 3.05. The highest BCUT2D eigenvalue weighted by molar-refractivity contribution is 5.72. The molecule has 9 nitrogen and oxygen atoms in total. The fourth-order valence-electron chi connectivity index (χ4n) is 2.43. The number of nitrogens with zero attached hydrogens (tertiary/aromatic N) is 5. The molecule has 1 aliphatic rings. The Morgan fingerprint density at radius 1 is 1.43 bits per heavy atom. The second-order valence-electron chi connectivity index (χ2n) is 4.98. The van der Waals surface area contributed by atoms with E-state index in [9.17, 15) is 22.8 Å². The Morgan fingerprint density at radius 3 is 2.78 bits per heavy atom. The van der Waals surface area contributed by atoms with Gasteiger partial charge in [-0.3, -0.25) is 4.57 Å². The Bertz CT molecular complexity index is 805. The molecule has 2 aromatic rings. The van der Waals surface area contributed by atoms with Gasteiger partial charge in [-0.05, 0) is 12.8 Å². The zero-order valence-electron chi connectivity index (χ0n) is 11.4. The van der Waals surface area contributed by atoms with Crippen LogP contribution < -0.4 is 5.69 Å². The lowest BCUT2D eigenvalue weighted by Gasteiger charge is -2.19. The molecule has 0 radical (unpaired) electrons. The number of carbonyl (C=O) groups is 1. The summed E-state index contributed by atoms with van der Waals surface area (Å²) in [6.45, 7) is -0.464. The number of halogens is 3. The predicted molar refractivity (Wildman–Crippen MR) is 64.5 cm³/mol. The molecule has 1 aliphatic heterocycles. The molecule has 0 amide bonds. The SMILES string of the molecule is O=C(O)C1CCCc2nn(Cc3nc(C(F)(F)F)no3)c(=O)n21. The molecule has 23 heavy (non-hydrogen) atoms. The number of hydrogen-bond acceptors (Lipinski definition) is 6. The highest BCUT2D eigenvalue weighted by Gasteiger charge is 2.37. The average molecular weight is 333 g/mol. The van der Waals surface area contributed by atoms with E-state index in [4.69, 9.17) is 5.11 Å². The van der Waals surface area contributed by atoms with E-state index < -0.39 is 42.1 Å². The molecule has 1 N–H and O–H groups in total. The molecule has 0 spiro atoms. The number of alkyl halides is 3. The van der Waals surface area contributed by atoms with E-state index in [1.807, 2.05) is 0 Å². The second-order valence-corrected chi connectivity index (χ2v) is 4.98. The minimum atomic E-state index is -4.76. The van der Waals surface area contributed by atoms with Gasteiger partial charge in [-0.1, -0.05) is 5.16 Å². The van der Waals surface area contributed by atoms with Crippen LogP contribution in [0.15, 0.2) is 9.32 Å². The largest absolute Gasteiger partial charge is 0.480 e. The number of aromatic nitrogens is 5. The quantitative estimate of drug-likeness (QED) is 0.867. The number of aliphatic carboxylic acids is 1. The topological polar surface area (TPSA) is 116 Å². The Kier molecular flexibility index (Phi) is 3.45. The van der Waals surface area contributed by atoms with Crippen molar-refractivity contribution in [2.24, 2.45) is 0 Å². The molecule has 12 heteroatoms. The summed E-state index contributed by atoms with van der Waals surface area (Å²) in [5.74, 6) is -2.79. The summed E-state index contributed by atoms with van der Waals surface area (Å²) in [4.78, 5) is 26.6. The van der Waals surface area contributed by atoms with Gasteiger partial charge >= 0.3 is 17.8 Å². The summed E-state index contributed by atoms with van der Waals surface area (Å²) < 4.78 is 43.5. The van der Waals surface area contributed by atoms with Gasteiger partial charge in [0.15, 0.2) is 0 Å². The minimum absolute atomic E-state index is 0.268. The fourth-order valence-corrected chi connectivity index (χ4v) is 2.43. The number of rotatable bonds is 3. The van der Waals surface area contributed by atoms with E-state index in [2.05, 4.69) is 19.8 Å². The molecule has 3 rings (SSSR count). The first-order valence-electron chi connectivity index (χ1n) is 6.58. The van der Waals surface area contributed by atoms with Crippen LogP contribution in [0.5, 0.6) is 0 Å². The van der Waals surface area contributed by atoms with Gasteiger partial charge in [0.25, 0.3) is 5.82 Å². The van der Waals surface area contributed by atoms with Crippen LogP contribution in [0.1, 0.15) is 36.4 Å². The van der Waals surface area contributed by atoms with Gasteiger partial charge in [0.1, 0.15) is 18.4 Å². The molecule has 0 saturated heterocycles. The molecule has 0 aromatic carbocycles. The van der Waals surface area contributed by atoms with Crippen molar-refractivity contribution >= 4 is 5.97 Å². The van der Waals surface area contributed by atoms with Crippen molar-refractivity contribution in [3.05, 3.63) is 28.0 Å². The minimum Gasteiger partial charge on any atom is -0.480 e. The van der Waals surface area contributed by atoms with Crippen molar-refractivity contribution < 1.29 is 27.6 Å². The molecule has 1 unspecified atom stereocenters. The van der Waals surface area contributed by atoms with Crippen molar-refractivity contribution in [1.82, 2.24) is 24.5 Å². The molecule has 0 fully saturated rings. The predicted octanol–water partition coefficient (Wildman–Crippen LogP) is 0.457. The van der Waals surface area contributed by atoms with Crippen LogP contribution in [-0.2, 0) is 23.9 Å². The van der Waals surface area contributed by atoms with Crippen LogP contribution in [-0.4, -0.2) is 35.6 Å². The Labute approximate surface area is 125 Å². The molecule has 124 valence electrons. The van der Waals surface area contributed by atoms with Gasteiger partial charge in [0.05, 0.1) is 0 Å². The van der Waals surface area contributed by atoms with Gasteiger partial charge < -0.3 is 9.63 Å². The second kappa shape index (κ2) is 5.21. The van der Waals surface area contributed by atoms with Crippen LogP contribution in [0.4, 0.5) is 13.2 Å². The summed E-state index contributed by atoms with van der Waals surface area (Å²) in [6, 6.07) is -1.03. The zero-order chi connectivity index (χ0) is 16.8. The number of carboxylic acids is 1. The maximum Gasteiger partial charge on any atom is 0.455 e. The third-order valence-corrected chi connectivity index (χ3v) is 3.42. The van der Waals surface area contributed by atoms with E-state index in [-0.39, 0.29) is 12.2 Å². The van der Waals surface area contributed by atoms with Gasteiger partial charge in [-0.25, -0.2) is 14.3 Å². The van der Waals surface area contributed by atoms with Gasteiger partial charge in [0, 0.05) is 6.42 Å². The van der Waals surface area contributed by atoms with Crippen molar-refractivity contribution in [1.29, 1.82) is 0 Å². The molecular formula is C11H10F3N5O4. The lowest BCUT2D eigenvalue weighted by Crippen LogP contribution is -2.34. The number of hydrogen-bond donors (Lipinski definition) is 1. The van der Waals surface area contributed by atoms with Crippen LogP contribution in [0.2, 0.25) is 0 Å². The first-order chi connectivity index (χ1) is 10.8. The summed E-state index contributed by atoms with van der Waals surface area (Å²) in [5.41, 5.74) is -0.737. The summed E-state index contributed by atoms with van der Waals surface area (Å²) in [6.07, 6.45) is -3.52. The monoisotopic (exact) mass is 333 g/mol. The van der Waals surface area contributed by atoms with Crippen molar-refractivity contribution in [3.8, 4) is 0 Å². The van der Waals surface area contributed by atoms with E-state index >= 15 is 0 Å². The van der Waals surface area contributed by atoms with Crippen molar-refractivity contribution in [2.75, 3.05) is 0 Å². The Balaban J connectivity index is 1.92. The molecule has 0 aliphatic carbocycles. The van der Waals surface area contributed by atoms with E-state index in [1.54, 1.807) is 0 Å². The van der Waals surface area contributed by atoms with Gasteiger partial charge in [-0.2, -0.15) is 23.3 Å². The third kappa shape index (κ3) is 2.71. The summed E-state index contributed by atoms with van der Waals surface area (Å²) >= 11 is 0. The standard InChI is InChI=1S/C11H10F3N5O4/c12-11(13,14)9-15-7(23-17-9)4-18-10(22)19-5(8(20)21)2-1-3-6(19)16-18/h5H,1-4H2,(H,20,21). The van der Waals surface area contributed by atoms with Crippen LogP contribution in [0.25, 0.3) is 0 Å². The first-order valence-corrected chi connectivity index (χ1v) is 6.58. The highest BCUT2D eigenvalue weighted by atomic mass is 19.4. The highest BCUT2D eigenvalue weighted by Crippen LogP contribution is 2.26. The molecule has 2 aromatic heterocycles. The Hall–Kier alpha value is -2.66. The van der Waals surface area contributed by atoms with Crippen LogP contribution in [0.3, 0.4) is 0 Å². The van der Waals surface area contributed by atoms with Gasteiger partial charge in [-0.15, -0.1) is 0 Å². The molecule has 3 heterocycles. The molecule has 0 saturated carbocycles. The number of aryl methyl sites for hydroxylation is 1. The summed E-state index contributed by atoms with van der Waals surface area (Å²) in [5, 5.41) is 15.9. The normalized spacial score (nSPS) is 18.0. The zero-order valence-corrected chi connectivity index (χ0v) is 11.4. The fraction of sp³-hybridized carbons (Fsp3) is 0.545. The number of carboxylic acid groups (broad SMARTS) is 1. The van der Waals surface area contributed by atoms with Crippen LogP contribution >= 0.6 is 0 Å². The third-order valence-electron chi connectivity index (χ3n) is 3.42. The Morgan fingerprint density at radius 2 is 2.17 bits per heavy atom. The van der Waals surface area contributed by atoms with Crippen LogP contribution in [0, 0.1) is 0 Å². The van der Waals surface area contributed by atoms with E-state index in [0.717, 1.165) is 9.25 Å². The molecule has 1 atom stereocenters. The van der Waals surface area contributed by atoms with Crippen molar-refractivity contribution in [2.45, 2.75) is 38.0 Å². The van der Waals surface area contributed by atoms with E-state index in [0.29, 0.717) is 12.8 Å². The first kappa shape index (κ1) is 15.2. The molecule has 0 bridgehead atoms. The lowest BCUT2D eigenvalue weighted by atomic mass is 10.1. The van der Waals surface area contributed by atoms with Crippen molar-refractivity contribution in [3.63, 3.8) is 0 Å². The lowest BCUT2D eigenvalue weighted by molar-refractivity contribution is -0.146. The maximum absolute atomic E-state index is 12.4. The molecular weight excluding hydrogens is 323 g/mol. The summed E-state index contributed by atoms with van der Waals surface area (Å²) in [7, 11) is 0. The van der Waals surface area contributed by atoms with Gasteiger partial charge in [0.2, 0.25) is 5.89 Å².